The number of carbonyl (C=O) groups excluding carboxylic acids is 1. The van der Waals surface area contributed by atoms with Gasteiger partial charge in [0.25, 0.3) is 5.91 Å². The largest absolute Gasteiger partial charge is 0.497 e. The summed E-state index contributed by atoms with van der Waals surface area (Å²) in [6.45, 7) is 4.65. The van der Waals surface area contributed by atoms with Crippen LogP contribution < -0.4 is 10.1 Å². The first-order chi connectivity index (χ1) is 16.7. The van der Waals surface area contributed by atoms with E-state index in [1.54, 1.807) is 13.2 Å². The maximum absolute atomic E-state index is 13.2. The van der Waals surface area contributed by atoms with Gasteiger partial charge >= 0.3 is 0 Å². The van der Waals surface area contributed by atoms with E-state index in [1.807, 2.05) is 73.7 Å². The second kappa shape index (κ2) is 11.5. The summed E-state index contributed by atoms with van der Waals surface area (Å²) >= 11 is 0. The molecule has 0 fully saturated rings. The van der Waals surface area contributed by atoms with E-state index in [0.717, 1.165) is 27.6 Å². The maximum atomic E-state index is 13.2. The summed E-state index contributed by atoms with van der Waals surface area (Å²) in [5.74, 6) is 0.686. The number of rotatable bonds is 11. The van der Waals surface area contributed by atoms with Crippen LogP contribution in [0.3, 0.4) is 0 Å². The van der Waals surface area contributed by atoms with Gasteiger partial charge < -0.3 is 23.9 Å². The number of amides is 1. The molecule has 34 heavy (non-hydrogen) atoms. The molecule has 4 aromatic rings. The van der Waals surface area contributed by atoms with Crippen LogP contribution in [-0.2, 0) is 22.6 Å². The van der Waals surface area contributed by atoms with E-state index < -0.39 is 0 Å². The fourth-order valence-corrected chi connectivity index (χ4v) is 3.80. The van der Waals surface area contributed by atoms with E-state index in [9.17, 15) is 4.79 Å². The highest BCUT2D eigenvalue weighted by molar-refractivity contribution is 6.08. The van der Waals surface area contributed by atoms with E-state index in [4.69, 9.17) is 18.6 Å². The van der Waals surface area contributed by atoms with Gasteiger partial charge in [0.1, 0.15) is 11.3 Å². The van der Waals surface area contributed by atoms with Crippen molar-refractivity contribution in [3.05, 3.63) is 89.7 Å². The maximum Gasteiger partial charge on any atom is 0.287 e. The number of carbonyl (C=O) groups is 1. The molecule has 0 saturated carbocycles. The summed E-state index contributed by atoms with van der Waals surface area (Å²) in [6.07, 6.45) is 0. The molecule has 0 atom stereocenters. The second-order valence-corrected chi connectivity index (χ2v) is 7.79. The lowest BCUT2D eigenvalue weighted by Gasteiger charge is -2.09. The zero-order chi connectivity index (χ0) is 23.8. The van der Waals surface area contributed by atoms with Gasteiger partial charge in [-0.05, 0) is 35.7 Å². The van der Waals surface area contributed by atoms with Crippen molar-refractivity contribution >= 4 is 16.9 Å². The molecule has 4 rings (SSSR count). The molecular formula is C28H29NO5. The third kappa shape index (κ3) is 5.65. The van der Waals surface area contributed by atoms with Gasteiger partial charge in [-0.1, -0.05) is 54.6 Å². The van der Waals surface area contributed by atoms with Crippen LogP contribution in [0.4, 0.5) is 0 Å². The summed E-state index contributed by atoms with van der Waals surface area (Å²) in [5, 5.41) is 3.87. The lowest BCUT2D eigenvalue weighted by atomic mass is 10.0. The first-order valence-electron chi connectivity index (χ1n) is 11.4. The number of nitrogens with one attached hydrogen (secondary N) is 1. The van der Waals surface area contributed by atoms with Gasteiger partial charge in [-0.15, -0.1) is 0 Å². The Labute approximate surface area is 199 Å². The predicted molar refractivity (Wildman–Crippen MR) is 132 cm³/mol. The summed E-state index contributed by atoms with van der Waals surface area (Å²) in [7, 11) is 1.61. The highest BCUT2D eigenvalue weighted by Gasteiger charge is 2.22. The van der Waals surface area contributed by atoms with E-state index >= 15 is 0 Å². The SMILES string of the molecule is CCOCCOCc1cccc(CNC(=O)c2oc3cc(OC)ccc3c2-c2ccccc2)c1. The third-order valence-electron chi connectivity index (χ3n) is 5.46. The smallest absolute Gasteiger partial charge is 0.287 e. The van der Waals surface area contributed by atoms with Crippen LogP contribution in [0.2, 0.25) is 0 Å². The molecule has 0 aliphatic carbocycles. The first kappa shape index (κ1) is 23.5. The molecule has 3 aromatic carbocycles. The van der Waals surface area contributed by atoms with Gasteiger partial charge in [-0.25, -0.2) is 0 Å². The van der Waals surface area contributed by atoms with Crippen molar-refractivity contribution in [2.45, 2.75) is 20.1 Å². The van der Waals surface area contributed by atoms with Crippen LogP contribution in [0.15, 0.2) is 77.2 Å². The molecule has 0 aliphatic heterocycles. The quantitative estimate of drug-likeness (QED) is 0.296. The molecule has 1 N–H and O–H groups in total. The van der Waals surface area contributed by atoms with Gasteiger partial charge in [0.2, 0.25) is 5.76 Å². The van der Waals surface area contributed by atoms with Crippen LogP contribution in [0.5, 0.6) is 5.75 Å². The van der Waals surface area contributed by atoms with Gasteiger partial charge in [-0.2, -0.15) is 0 Å². The number of furan rings is 1. The lowest BCUT2D eigenvalue weighted by Crippen LogP contribution is -2.23. The minimum absolute atomic E-state index is 0.271. The molecule has 6 heteroatoms. The Morgan fingerprint density at radius 3 is 2.50 bits per heavy atom. The Morgan fingerprint density at radius 2 is 1.71 bits per heavy atom. The Morgan fingerprint density at radius 1 is 0.912 bits per heavy atom. The van der Waals surface area contributed by atoms with Crippen LogP contribution in [0, 0.1) is 0 Å². The molecule has 0 unspecified atom stereocenters. The average Bonchev–Trinajstić information content (AvgIpc) is 3.27. The van der Waals surface area contributed by atoms with Crippen LogP contribution in [-0.4, -0.2) is 32.8 Å². The third-order valence-corrected chi connectivity index (χ3v) is 5.46. The number of methoxy groups -OCH3 is 1. The molecule has 1 amide bonds. The summed E-state index contributed by atoms with van der Waals surface area (Å²) in [4.78, 5) is 13.2. The summed E-state index contributed by atoms with van der Waals surface area (Å²) in [5.41, 5.74) is 4.33. The van der Waals surface area contributed by atoms with Crippen molar-refractivity contribution in [2.75, 3.05) is 26.9 Å². The highest BCUT2D eigenvalue weighted by Crippen LogP contribution is 2.36. The standard InChI is InChI=1S/C28H29NO5/c1-3-32-14-15-33-19-21-9-7-8-20(16-21)18-29-28(30)27-26(22-10-5-4-6-11-22)24-13-12-23(31-2)17-25(24)34-27/h4-13,16-17H,3,14-15,18-19H2,1-2H3,(H,29,30). The number of fused-ring (bicyclic) bond motifs is 1. The predicted octanol–water partition coefficient (Wildman–Crippen LogP) is 5.59. The monoisotopic (exact) mass is 459 g/mol. The molecule has 6 nitrogen and oxygen atoms in total. The molecule has 1 aromatic heterocycles. The van der Waals surface area contributed by atoms with Gasteiger partial charge in [-0.3, -0.25) is 4.79 Å². The highest BCUT2D eigenvalue weighted by atomic mass is 16.5. The fourth-order valence-electron chi connectivity index (χ4n) is 3.80. The molecule has 0 spiro atoms. The Kier molecular flexibility index (Phi) is 7.96. The summed E-state index contributed by atoms with van der Waals surface area (Å²) in [6, 6.07) is 23.4. The Balaban J connectivity index is 1.51. The van der Waals surface area contributed by atoms with Crippen molar-refractivity contribution < 1.29 is 23.4 Å². The minimum Gasteiger partial charge on any atom is -0.497 e. The molecular weight excluding hydrogens is 430 g/mol. The number of benzene rings is 3. The van der Waals surface area contributed by atoms with Gasteiger partial charge in [0, 0.05) is 30.2 Å². The van der Waals surface area contributed by atoms with Crippen molar-refractivity contribution in [1.29, 1.82) is 0 Å². The molecule has 0 saturated heterocycles. The lowest BCUT2D eigenvalue weighted by molar-refractivity contribution is 0.0453. The normalized spacial score (nSPS) is 11.0. The average molecular weight is 460 g/mol. The van der Waals surface area contributed by atoms with E-state index in [2.05, 4.69) is 5.32 Å². The Bertz CT molecular complexity index is 1230. The Hall–Kier alpha value is -3.61. The number of hydrogen-bond acceptors (Lipinski definition) is 5. The van der Waals surface area contributed by atoms with Crippen molar-refractivity contribution in [3.63, 3.8) is 0 Å². The van der Waals surface area contributed by atoms with E-state index in [1.165, 1.54) is 0 Å². The summed E-state index contributed by atoms with van der Waals surface area (Å²) < 4.78 is 22.3. The molecule has 176 valence electrons. The van der Waals surface area contributed by atoms with Crippen molar-refractivity contribution in [2.24, 2.45) is 0 Å². The second-order valence-electron chi connectivity index (χ2n) is 7.79. The molecule has 0 radical (unpaired) electrons. The van der Waals surface area contributed by atoms with Gasteiger partial charge in [0.05, 0.1) is 26.9 Å². The zero-order valence-corrected chi connectivity index (χ0v) is 19.5. The van der Waals surface area contributed by atoms with Crippen molar-refractivity contribution in [1.82, 2.24) is 5.32 Å². The first-order valence-corrected chi connectivity index (χ1v) is 11.4. The topological polar surface area (TPSA) is 69.9 Å². The van der Waals surface area contributed by atoms with Crippen molar-refractivity contribution in [3.8, 4) is 16.9 Å². The van der Waals surface area contributed by atoms with E-state index in [-0.39, 0.29) is 11.7 Å². The molecule has 1 heterocycles. The van der Waals surface area contributed by atoms with Crippen LogP contribution in [0.1, 0.15) is 28.6 Å². The number of ether oxygens (including phenoxy) is 3. The minimum atomic E-state index is -0.271. The van der Waals surface area contributed by atoms with E-state index in [0.29, 0.717) is 44.3 Å². The fraction of sp³-hybridized carbons (Fsp3) is 0.250. The molecule has 0 aliphatic rings. The number of hydrogen-bond donors (Lipinski definition) is 1. The zero-order valence-electron chi connectivity index (χ0n) is 19.5. The van der Waals surface area contributed by atoms with Crippen LogP contribution >= 0.6 is 0 Å². The van der Waals surface area contributed by atoms with Gasteiger partial charge in [0.15, 0.2) is 0 Å². The van der Waals surface area contributed by atoms with Crippen LogP contribution in [0.25, 0.3) is 22.1 Å². The molecule has 0 bridgehead atoms.